The largest absolute Gasteiger partial charge is 0.352 e. The first-order valence-electron chi connectivity index (χ1n) is 8.37. The maximum absolute atomic E-state index is 12.9. The van der Waals surface area contributed by atoms with E-state index in [9.17, 15) is 14.0 Å². The fourth-order valence-corrected chi connectivity index (χ4v) is 2.25. The quantitative estimate of drug-likeness (QED) is 0.724. The molecule has 0 aliphatic carbocycles. The summed E-state index contributed by atoms with van der Waals surface area (Å²) in [6.45, 7) is 2.97. The van der Waals surface area contributed by atoms with Crippen molar-refractivity contribution in [3.8, 4) is 0 Å². The van der Waals surface area contributed by atoms with Gasteiger partial charge in [-0.2, -0.15) is 0 Å². The molecule has 0 unspecified atom stereocenters. The molecular weight excluding hydrogens is 321 g/mol. The molecule has 2 rings (SSSR count). The van der Waals surface area contributed by atoms with Gasteiger partial charge in [0, 0.05) is 24.8 Å². The van der Waals surface area contributed by atoms with E-state index in [-0.39, 0.29) is 29.9 Å². The summed E-state index contributed by atoms with van der Waals surface area (Å²) in [6.07, 6.45) is 4.52. The lowest BCUT2D eigenvalue weighted by Crippen LogP contribution is -2.26. The topological polar surface area (TPSA) is 71.1 Å². The van der Waals surface area contributed by atoms with E-state index in [2.05, 4.69) is 22.5 Å². The fraction of sp³-hybridized carbons (Fsp3) is 0.316. The molecule has 132 valence electrons. The van der Waals surface area contributed by atoms with Crippen molar-refractivity contribution < 1.29 is 14.0 Å². The van der Waals surface area contributed by atoms with Crippen molar-refractivity contribution in [2.24, 2.45) is 0 Å². The van der Waals surface area contributed by atoms with Crippen LogP contribution in [0.4, 0.5) is 4.39 Å². The minimum Gasteiger partial charge on any atom is -0.352 e. The van der Waals surface area contributed by atoms with Crippen molar-refractivity contribution in [2.45, 2.75) is 32.7 Å². The van der Waals surface area contributed by atoms with Crippen LogP contribution in [0.5, 0.6) is 0 Å². The number of hydrogen-bond donors (Lipinski definition) is 2. The van der Waals surface area contributed by atoms with Gasteiger partial charge in [-0.3, -0.25) is 14.6 Å². The molecule has 25 heavy (non-hydrogen) atoms. The van der Waals surface area contributed by atoms with Crippen LogP contribution >= 0.6 is 0 Å². The SMILES string of the molecule is CCCCCNC(=O)c1ccnc(C(=O)NCc2ccc(F)cc2)c1. The van der Waals surface area contributed by atoms with Gasteiger partial charge in [-0.05, 0) is 36.2 Å². The summed E-state index contributed by atoms with van der Waals surface area (Å²) in [5.41, 5.74) is 1.35. The number of nitrogens with zero attached hydrogens (tertiary/aromatic N) is 1. The first kappa shape index (κ1) is 18.6. The van der Waals surface area contributed by atoms with Gasteiger partial charge < -0.3 is 10.6 Å². The minimum absolute atomic E-state index is 0.170. The van der Waals surface area contributed by atoms with Gasteiger partial charge in [-0.15, -0.1) is 0 Å². The summed E-state index contributed by atoms with van der Waals surface area (Å²) in [7, 11) is 0. The van der Waals surface area contributed by atoms with E-state index < -0.39 is 0 Å². The Kier molecular flexibility index (Phi) is 7.07. The second-order valence-electron chi connectivity index (χ2n) is 5.70. The molecule has 0 saturated carbocycles. The number of aromatic nitrogens is 1. The minimum atomic E-state index is -0.384. The number of rotatable bonds is 8. The van der Waals surface area contributed by atoms with Crippen molar-refractivity contribution in [2.75, 3.05) is 6.54 Å². The average molecular weight is 343 g/mol. The van der Waals surface area contributed by atoms with Gasteiger partial charge in [-0.1, -0.05) is 31.9 Å². The molecule has 0 atom stereocenters. The first-order chi connectivity index (χ1) is 12.1. The van der Waals surface area contributed by atoms with E-state index in [0.717, 1.165) is 24.8 Å². The highest BCUT2D eigenvalue weighted by Crippen LogP contribution is 2.05. The summed E-state index contributed by atoms with van der Waals surface area (Å²) >= 11 is 0. The van der Waals surface area contributed by atoms with Gasteiger partial charge >= 0.3 is 0 Å². The number of pyridine rings is 1. The Morgan fingerprint density at radius 2 is 1.80 bits per heavy atom. The first-order valence-corrected chi connectivity index (χ1v) is 8.37. The van der Waals surface area contributed by atoms with Crippen LogP contribution in [-0.4, -0.2) is 23.3 Å². The van der Waals surface area contributed by atoms with Gasteiger partial charge in [0.25, 0.3) is 11.8 Å². The zero-order chi connectivity index (χ0) is 18.1. The standard InChI is InChI=1S/C19H22FN3O2/c1-2-3-4-10-22-18(24)15-9-11-21-17(12-15)19(25)23-13-14-5-7-16(20)8-6-14/h5-9,11-12H,2-4,10,13H2,1H3,(H,22,24)(H,23,25). The number of unbranched alkanes of at least 4 members (excludes halogenated alkanes) is 2. The molecule has 0 radical (unpaired) electrons. The zero-order valence-electron chi connectivity index (χ0n) is 14.2. The van der Waals surface area contributed by atoms with Crippen LogP contribution in [0.3, 0.4) is 0 Å². The predicted octanol–water partition coefficient (Wildman–Crippen LogP) is 3.07. The Balaban J connectivity index is 1.91. The number of hydrogen-bond acceptors (Lipinski definition) is 3. The third-order valence-electron chi connectivity index (χ3n) is 3.69. The van der Waals surface area contributed by atoms with E-state index in [1.54, 1.807) is 18.2 Å². The number of carbonyl (C=O) groups is 2. The molecule has 1 heterocycles. The summed E-state index contributed by atoms with van der Waals surface area (Å²) < 4.78 is 12.9. The van der Waals surface area contributed by atoms with Crippen LogP contribution in [-0.2, 0) is 6.54 Å². The Morgan fingerprint density at radius 1 is 1.04 bits per heavy atom. The molecule has 5 nitrogen and oxygen atoms in total. The van der Waals surface area contributed by atoms with Crippen molar-refractivity contribution in [1.82, 2.24) is 15.6 Å². The fourth-order valence-electron chi connectivity index (χ4n) is 2.25. The van der Waals surface area contributed by atoms with Crippen LogP contribution in [0.25, 0.3) is 0 Å². The maximum Gasteiger partial charge on any atom is 0.270 e. The van der Waals surface area contributed by atoms with Crippen molar-refractivity contribution >= 4 is 11.8 Å². The lowest BCUT2D eigenvalue weighted by Gasteiger charge is -2.07. The van der Waals surface area contributed by atoms with Crippen LogP contribution in [0, 0.1) is 5.82 Å². The molecule has 0 aliphatic rings. The van der Waals surface area contributed by atoms with Crippen molar-refractivity contribution in [3.05, 3.63) is 65.2 Å². The van der Waals surface area contributed by atoms with E-state index in [1.165, 1.54) is 24.4 Å². The average Bonchev–Trinajstić information content (AvgIpc) is 2.64. The molecule has 2 aromatic rings. The van der Waals surface area contributed by atoms with Gasteiger partial charge in [0.15, 0.2) is 0 Å². The summed E-state index contributed by atoms with van der Waals surface area (Å²) in [6, 6.07) is 8.92. The molecule has 2 N–H and O–H groups in total. The molecular formula is C19H22FN3O2. The molecule has 6 heteroatoms. The van der Waals surface area contributed by atoms with E-state index in [0.29, 0.717) is 12.1 Å². The third-order valence-corrected chi connectivity index (χ3v) is 3.69. The van der Waals surface area contributed by atoms with E-state index >= 15 is 0 Å². The Bertz CT molecular complexity index is 717. The summed E-state index contributed by atoms with van der Waals surface area (Å²) in [5.74, 6) is -0.926. The molecule has 0 saturated heterocycles. The molecule has 0 aliphatic heterocycles. The van der Waals surface area contributed by atoms with Gasteiger partial charge in [0.05, 0.1) is 0 Å². The highest BCUT2D eigenvalue weighted by Gasteiger charge is 2.11. The van der Waals surface area contributed by atoms with Crippen LogP contribution < -0.4 is 10.6 Å². The number of halogens is 1. The normalized spacial score (nSPS) is 10.3. The molecule has 2 amide bonds. The zero-order valence-corrected chi connectivity index (χ0v) is 14.2. The van der Waals surface area contributed by atoms with E-state index in [1.807, 2.05) is 0 Å². The number of benzene rings is 1. The molecule has 1 aromatic carbocycles. The molecule has 0 spiro atoms. The molecule has 0 fully saturated rings. The molecule has 0 bridgehead atoms. The second kappa shape index (κ2) is 9.52. The highest BCUT2D eigenvalue weighted by atomic mass is 19.1. The second-order valence-corrected chi connectivity index (χ2v) is 5.70. The van der Waals surface area contributed by atoms with E-state index in [4.69, 9.17) is 0 Å². The highest BCUT2D eigenvalue weighted by molar-refractivity contribution is 5.98. The third kappa shape index (κ3) is 5.99. The van der Waals surface area contributed by atoms with Crippen LogP contribution in [0.15, 0.2) is 42.6 Å². The van der Waals surface area contributed by atoms with Crippen molar-refractivity contribution in [3.63, 3.8) is 0 Å². The van der Waals surface area contributed by atoms with Gasteiger partial charge in [0.1, 0.15) is 11.5 Å². The monoisotopic (exact) mass is 343 g/mol. The Morgan fingerprint density at radius 3 is 2.52 bits per heavy atom. The van der Waals surface area contributed by atoms with Crippen LogP contribution in [0.1, 0.15) is 52.6 Å². The summed E-state index contributed by atoms with van der Waals surface area (Å²) in [5, 5.41) is 5.53. The summed E-state index contributed by atoms with van der Waals surface area (Å²) in [4.78, 5) is 28.3. The van der Waals surface area contributed by atoms with Gasteiger partial charge in [0.2, 0.25) is 0 Å². The Labute approximate surface area is 146 Å². The smallest absolute Gasteiger partial charge is 0.270 e. The Hall–Kier alpha value is -2.76. The number of carbonyl (C=O) groups excluding carboxylic acids is 2. The number of nitrogens with one attached hydrogen (secondary N) is 2. The lowest BCUT2D eigenvalue weighted by atomic mass is 10.2. The number of amides is 2. The van der Waals surface area contributed by atoms with Crippen molar-refractivity contribution in [1.29, 1.82) is 0 Å². The van der Waals surface area contributed by atoms with Crippen LogP contribution in [0.2, 0.25) is 0 Å². The predicted molar refractivity (Wildman–Crippen MR) is 93.7 cm³/mol. The lowest BCUT2D eigenvalue weighted by molar-refractivity contribution is 0.0946. The molecule has 1 aromatic heterocycles. The maximum atomic E-state index is 12.9. The van der Waals surface area contributed by atoms with Gasteiger partial charge in [-0.25, -0.2) is 4.39 Å².